The second kappa shape index (κ2) is 14.8. The van der Waals surface area contributed by atoms with Crippen molar-refractivity contribution < 1.29 is 4.42 Å². The number of para-hydroxylation sites is 2. The van der Waals surface area contributed by atoms with Crippen molar-refractivity contribution in [1.29, 1.82) is 0 Å². The summed E-state index contributed by atoms with van der Waals surface area (Å²) in [5.41, 5.74) is 14.1. The minimum Gasteiger partial charge on any atom is -0.455 e. The molecule has 0 aliphatic carbocycles. The van der Waals surface area contributed by atoms with E-state index in [0.717, 1.165) is 66.8 Å². The Bertz CT molecular complexity index is 3590. The van der Waals surface area contributed by atoms with Gasteiger partial charge in [0, 0.05) is 22.2 Å². The van der Waals surface area contributed by atoms with Crippen LogP contribution in [-0.2, 0) is 0 Å². The van der Waals surface area contributed by atoms with Crippen LogP contribution < -0.4 is 4.90 Å². The van der Waals surface area contributed by atoms with Crippen LogP contribution in [0.25, 0.3) is 98.8 Å². The van der Waals surface area contributed by atoms with Crippen LogP contribution in [0.3, 0.4) is 0 Å². The van der Waals surface area contributed by atoms with E-state index in [1.807, 2.05) is 0 Å². The average molecular weight is 790 g/mol. The highest BCUT2D eigenvalue weighted by molar-refractivity contribution is 6.26. The van der Waals surface area contributed by atoms with Crippen LogP contribution in [0, 0.1) is 0 Å². The third kappa shape index (κ3) is 5.96. The van der Waals surface area contributed by atoms with Crippen LogP contribution in [0.15, 0.2) is 241 Å². The Kier molecular flexibility index (Phi) is 8.53. The molecule has 0 bridgehead atoms. The van der Waals surface area contributed by atoms with Gasteiger partial charge in [-0.3, -0.25) is 0 Å². The molecule has 1 heterocycles. The molecule has 0 saturated heterocycles. The smallest absolute Gasteiger partial charge is 0.145 e. The molecule has 0 aliphatic rings. The van der Waals surface area contributed by atoms with Crippen LogP contribution in [-0.4, -0.2) is 0 Å². The highest BCUT2D eigenvalue weighted by atomic mass is 16.3. The lowest BCUT2D eigenvalue weighted by molar-refractivity contribution is 0.670. The number of benzene rings is 11. The van der Waals surface area contributed by atoms with Crippen molar-refractivity contribution in [2.75, 3.05) is 4.90 Å². The van der Waals surface area contributed by atoms with Crippen LogP contribution in [0.1, 0.15) is 0 Å². The average Bonchev–Trinajstić information content (AvgIpc) is 3.75. The molecule has 12 aromatic rings. The Morgan fingerprint density at radius 2 is 0.790 bits per heavy atom. The van der Waals surface area contributed by atoms with E-state index in [0.29, 0.717) is 0 Å². The number of anilines is 3. The molecule has 0 fully saturated rings. The zero-order valence-corrected chi connectivity index (χ0v) is 33.9. The SMILES string of the molecule is c1ccc(-c2cccc(-c3ccc(N(c4ccccc4-c4ccc5c6ccccc6c6ccccc6c5c4)c4ccc(-c5ccccc5)c5oc6ccccc6c45)cc3)c2)cc1. The summed E-state index contributed by atoms with van der Waals surface area (Å²) in [5, 5.41) is 9.73. The van der Waals surface area contributed by atoms with Gasteiger partial charge in [0.2, 0.25) is 0 Å². The van der Waals surface area contributed by atoms with Crippen molar-refractivity contribution in [3.63, 3.8) is 0 Å². The summed E-state index contributed by atoms with van der Waals surface area (Å²) >= 11 is 0. The fourth-order valence-corrected chi connectivity index (χ4v) is 9.55. The van der Waals surface area contributed by atoms with E-state index in [2.05, 4.69) is 241 Å². The van der Waals surface area contributed by atoms with Crippen LogP contribution >= 0.6 is 0 Å². The number of hydrogen-bond acceptors (Lipinski definition) is 2. The molecule has 62 heavy (non-hydrogen) atoms. The molecule has 0 spiro atoms. The van der Waals surface area contributed by atoms with Gasteiger partial charge in [0.25, 0.3) is 0 Å². The van der Waals surface area contributed by atoms with Gasteiger partial charge in [0.05, 0.1) is 16.8 Å². The second-order valence-electron chi connectivity index (χ2n) is 16.0. The van der Waals surface area contributed by atoms with Crippen molar-refractivity contribution in [2.24, 2.45) is 0 Å². The first-order valence-electron chi connectivity index (χ1n) is 21.3. The lowest BCUT2D eigenvalue weighted by Crippen LogP contribution is -2.11. The predicted molar refractivity (Wildman–Crippen MR) is 263 cm³/mol. The Balaban J connectivity index is 1.09. The molecule has 12 rings (SSSR count). The summed E-state index contributed by atoms with van der Waals surface area (Å²) in [4.78, 5) is 2.43. The van der Waals surface area contributed by atoms with Crippen molar-refractivity contribution in [1.82, 2.24) is 0 Å². The molecule has 0 atom stereocenters. The fourth-order valence-electron chi connectivity index (χ4n) is 9.55. The Labute approximate surface area is 360 Å². The second-order valence-corrected chi connectivity index (χ2v) is 16.0. The largest absolute Gasteiger partial charge is 0.455 e. The molecule has 2 nitrogen and oxygen atoms in total. The van der Waals surface area contributed by atoms with Crippen molar-refractivity contribution in [3.8, 4) is 44.5 Å². The lowest BCUT2D eigenvalue weighted by Gasteiger charge is -2.29. The summed E-state index contributed by atoms with van der Waals surface area (Å²) in [6.07, 6.45) is 0. The first-order chi connectivity index (χ1) is 30.8. The summed E-state index contributed by atoms with van der Waals surface area (Å²) < 4.78 is 6.84. The number of hydrogen-bond donors (Lipinski definition) is 0. The Morgan fingerprint density at radius 1 is 0.274 bits per heavy atom. The minimum absolute atomic E-state index is 0.864. The van der Waals surface area contributed by atoms with Crippen LogP contribution in [0.5, 0.6) is 0 Å². The zero-order valence-electron chi connectivity index (χ0n) is 33.9. The molecule has 1 aromatic heterocycles. The molecule has 0 unspecified atom stereocenters. The zero-order chi connectivity index (χ0) is 41.0. The molecule has 0 aliphatic heterocycles. The number of furan rings is 1. The lowest BCUT2D eigenvalue weighted by atomic mass is 9.91. The normalized spacial score (nSPS) is 11.5. The van der Waals surface area contributed by atoms with Gasteiger partial charge in [-0.15, -0.1) is 0 Å². The topological polar surface area (TPSA) is 16.4 Å². The van der Waals surface area contributed by atoms with Gasteiger partial charge >= 0.3 is 0 Å². The van der Waals surface area contributed by atoms with Crippen LogP contribution in [0.2, 0.25) is 0 Å². The van der Waals surface area contributed by atoms with E-state index in [1.165, 1.54) is 49.0 Å². The maximum Gasteiger partial charge on any atom is 0.145 e. The standard InChI is InChI=1S/C60H39NO/c1-3-16-40(17-4-1)43-20-15-21-44(38-43)41-30-33-46(34-31-41)61(57-37-36-48(42-18-5-2-6-19-42)60-59(57)54-27-12-14-29-58(54)62-60)56-28-13-11-22-47(56)45-32-35-53-51-25-8-7-23-49(51)50-24-9-10-26-52(50)55(53)39-45/h1-39H. The van der Waals surface area contributed by atoms with Gasteiger partial charge in [-0.05, 0) is 114 Å². The summed E-state index contributed by atoms with van der Waals surface area (Å²) in [6.45, 7) is 0. The number of rotatable bonds is 7. The molecule has 0 amide bonds. The highest BCUT2D eigenvalue weighted by Gasteiger charge is 2.24. The van der Waals surface area contributed by atoms with E-state index in [-0.39, 0.29) is 0 Å². The molecule has 290 valence electrons. The van der Waals surface area contributed by atoms with E-state index >= 15 is 0 Å². The van der Waals surface area contributed by atoms with Crippen molar-refractivity contribution >= 4 is 71.3 Å². The van der Waals surface area contributed by atoms with Crippen molar-refractivity contribution in [3.05, 3.63) is 237 Å². The summed E-state index contributed by atoms with van der Waals surface area (Å²) in [6, 6.07) is 85.4. The van der Waals surface area contributed by atoms with Crippen molar-refractivity contribution in [2.45, 2.75) is 0 Å². The van der Waals surface area contributed by atoms with Gasteiger partial charge in [-0.2, -0.15) is 0 Å². The van der Waals surface area contributed by atoms with Gasteiger partial charge in [-0.1, -0.05) is 188 Å². The first kappa shape index (κ1) is 35.7. The molecule has 11 aromatic carbocycles. The number of fused-ring (bicyclic) bond motifs is 9. The molecule has 0 saturated carbocycles. The quantitative estimate of drug-likeness (QED) is 0.150. The minimum atomic E-state index is 0.864. The fraction of sp³-hybridized carbons (Fsp3) is 0. The molecular formula is C60H39NO. The number of nitrogens with zero attached hydrogens (tertiary/aromatic N) is 1. The highest BCUT2D eigenvalue weighted by Crippen LogP contribution is 2.49. The molecule has 2 heteroatoms. The van der Waals surface area contributed by atoms with Crippen LogP contribution in [0.4, 0.5) is 17.1 Å². The maximum absolute atomic E-state index is 6.84. The predicted octanol–water partition coefficient (Wildman–Crippen LogP) is 17.2. The first-order valence-corrected chi connectivity index (χ1v) is 21.3. The van der Waals surface area contributed by atoms with E-state index < -0.39 is 0 Å². The Morgan fingerprint density at radius 3 is 1.48 bits per heavy atom. The monoisotopic (exact) mass is 789 g/mol. The van der Waals surface area contributed by atoms with Gasteiger partial charge in [0.1, 0.15) is 11.2 Å². The third-order valence-electron chi connectivity index (χ3n) is 12.5. The van der Waals surface area contributed by atoms with Gasteiger partial charge in [-0.25, -0.2) is 0 Å². The third-order valence-corrected chi connectivity index (χ3v) is 12.5. The van der Waals surface area contributed by atoms with E-state index in [1.54, 1.807) is 0 Å². The molecular weight excluding hydrogens is 751 g/mol. The van der Waals surface area contributed by atoms with Gasteiger partial charge < -0.3 is 9.32 Å². The Hall–Kier alpha value is -8.20. The maximum atomic E-state index is 6.84. The summed E-state index contributed by atoms with van der Waals surface area (Å²) in [7, 11) is 0. The summed E-state index contributed by atoms with van der Waals surface area (Å²) in [5.74, 6) is 0. The molecule has 0 radical (unpaired) electrons. The van der Waals surface area contributed by atoms with E-state index in [4.69, 9.17) is 4.42 Å². The van der Waals surface area contributed by atoms with E-state index in [9.17, 15) is 0 Å². The molecule has 0 N–H and O–H groups in total. The van der Waals surface area contributed by atoms with Gasteiger partial charge in [0.15, 0.2) is 0 Å².